The van der Waals surface area contributed by atoms with Crippen molar-refractivity contribution < 1.29 is 13.2 Å². The number of carbonyl (C=O) groups is 1. The Morgan fingerprint density at radius 2 is 1.64 bits per heavy atom. The molecule has 3 aromatic rings. The van der Waals surface area contributed by atoms with Gasteiger partial charge in [-0.25, -0.2) is 8.42 Å². The minimum atomic E-state index is -3.72. The molecule has 28 heavy (non-hydrogen) atoms. The second-order valence-electron chi connectivity index (χ2n) is 6.46. The third-order valence-corrected chi connectivity index (χ3v) is 5.75. The second-order valence-corrected chi connectivity index (χ2v) is 8.15. The van der Waals surface area contributed by atoms with Crippen molar-refractivity contribution in [2.75, 3.05) is 10.0 Å². The fraction of sp³-hybridized carbons (Fsp3) is 0.136. The summed E-state index contributed by atoms with van der Waals surface area (Å²) in [4.78, 5) is 12.8. The number of benzene rings is 3. The number of nitrogens with one attached hydrogen (secondary N) is 2. The van der Waals surface area contributed by atoms with Crippen molar-refractivity contribution in [1.29, 1.82) is 0 Å². The van der Waals surface area contributed by atoms with Crippen LogP contribution in [0.4, 0.5) is 11.4 Å². The molecule has 0 atom stereocenters. The molecular formula is C22H22N2O3S. The van der Waals surface area contributed by atoms with Crippen LogP contribution in [0.1, 0.15) is 28.4 Å². The van der Waals surface area contributed by atoms with E-state index in [1.807, 2.05) is 38.1 Å². The summed E-state index contributed by atoms with van der Waals surface area (Å²) >= 11 is 0. The van der Waals surface area contributed by atoms with E-state index in [0.29, 0.717) is 11.3 Å². The monoisotopic (exact) mass is 394 g/mol. The lowest BCUT2D eigenvalue weighted by atomic mass is 10.1. The van der Waals surface area contributed by atoms with Gasteiger partial charge in [0.15, 0.2) is 0 Å². The number of aryl methyl sites for hydroxylation is 2. The first kappa shape index (κ1) is 19.6. The Morgan fingerprint density at radius 1 is 0.929 bits per heavy atom. The van der Waals surface area contributed by atoms with Crippen LogP contribution in [0.15, 0.2) is 77.7 Å². The van der Waals surface area contributed by atoms with Crippen LogP contribution in [-0.2, 0) is 16.4 Å². The van der Waals surface area contributed by atoms with Gasteiger partial charge in [0.1, 0.15) is 0 Å². The number of rotatable bonds is 6. The minimum Gasteiger partial charge on any atom is -0.322 e. The Kier molecular flexibility index (Phi) is 5.80. The third kappa shape index (κ3) is 4.58. The third-order valence-electron chi connectivity index (χ3n) is 4.35. The Balaban J connectivity index is 1.80. The van der Waals surface area contributed by atoms with Gasteiger partial charge in [0, 0.05) is 16.9 Å². The highest BCUT2D eigenvalue weighted by molar-refractivity contribution is 7.92. The Morgan fingerprint density at radius 3 is 2.36 bits per heavy atom. The molecule has 0 aliphatic heterocycles. The van der Waals surface area contributed by atoms with E-state index in [4.69, 9.17) is 0 Å². The number of sulfonamides is 1. The van der Waals surface area contributed by atoms with E-state index in [9.17, 15) is 13.2 Å². The van der Waals surface area contributed by atoms with Crippen LogP contribution >= 0.6 is 0 Å². The number of carbonyl (C=O) groups excluding carboxylic acids is 1. The van der Waals surface area contributed by atoms with Gasteiger partial charge in [0.2, 0.25) is 0 Å². The molecule has 0 saturated carbocycles. The SMILES string of the molecule is CCc1ccccc1NC(=O)c1cccc(NS(=O)(=O)c2ccc(C)cc2)c1. The molecule has 0 fully saturated rings. The van der Waals surface area contributed by atoms with Crippen molar-refractivity contribution in [1.82, 2.24) is 0 Å². The van der Waals surface area contributed by atoms with Crippen molar-refractivity contribution in [3.05, 3.63) is 89.5 Å². The lowest BCUT2D eigenvalue weighted by molar-refractivity contribution is 0.102. The molecule has 0 spiro atoms. The molecule has 0 unspecified atom stereocenters. The van der Waals surface area contributed by atoms with Gasteiger partial charge in [-0.15, -0.1) is 0 Å². The predicted molar refractivity (Wildman–Crippen MR) is 112 cm³/mol. The molecule has 0 aliphatic carbocycles. The smallest absolute Gasteiger partial charge is 0.261 e. The molecule has 3 rings (SSSR count). The molecule has 0 radical (unpaired) electrons. The molecule has 0 saturated heterocycles. The van der Waals surface area contributed by atoms with E-state index in [-0.39, 0.29) is 10.8 Å². The average molecular weight is 394 g/mol. The number of amides is 1. The summed E-state index contributed by atoms with van der Waals surface area (Å²) in [6.07, 6.45) is 0.798. The standard InChI is InChI=1S/C22H22N2O3S/c1-3-17-7-4-5-10-21(17)23-22(25)18-8-6-9-19(15-18)24-28(26,27)20-13-11-16(2)12-14-20/h4-15,24H,3H2,1-2H3,(H,23,25). The summed E-state index contributed by atoms with van der Waals surface area (Å²) in [6.45, 7) is 3.91. The second kappa shape index (κ2) is 8.27. The zero-order valence-electron chi connectivity index (χ0n) is 15.8. The van der Waals surface area contributed by atoms with E-state index in [1.54, 1.807) is 42.5 Å². The average Bonchev–Trinajstić information content (AvgIpc) is 2.68. The van der Waals surface area contributed by atoms with Crippen LogP contribution in [0, 0.1) is 6.92 Å². The molecule has 0 bridgehead atoms. The molecule has 0 aliphatic rings. The van der Waals surface area contributed by atoms with Crippen LogP contribution in [0.5, 0.6) is 0 Å². The summed E-state index contributed by atoms with van der Waals surface area (Å²) in [7, 11) is -3.72. The highest BCUT2D eigenvalue weighted by Gasteiger charge is 2.15. The molecule has 6 heteroatoms. The van der Waals surface area contributed by atoms with Crippen LogP contribution in [0.25, 0.3) is 0 Å². The maximum absolute atomic E-state index is 12.6. The maximum atomic E-state index is 12.6. The van der Waals surface area contributed by atoms with Crippen molar-refractivity contribution >= 4 is 27.3 Å². The van der Waals surface area contributed by atoms with Crippen LogP contribution in [0.3, 0.4) is 0 Å². The molecule has 1 amide bonds. The fourth-order valence-corrected chi connectivity index (χ4v) is 3.85. The molecule has 3 aromatic carbocycles. The maximum Gasteiger partial charge on any atom is 0.261 e. The summed E-state index contributed by atoms with van der Waals surface area (Å²) in [5.41, 5.74) is 3.46. The first-order chi connectivity index (χ1) is 13.4. The lowest BCUT2D eigenvalue weighted by Crippen LogP contribution is -2.15. The summed E-state index contributed by atoms with van der Waals surface area (Å²) in [6, 6.07) is 20.6. The van der Waals surface area contributed by atoms with Gasteiger partial charge in [0.25, 0.3) is 15.9 Å². The number of hydrogen-bond donors (Lipinski definition) is 2. The lowest BCUT2D eigenvalue weighted by Gasteiger charge is -2.12. The summed E-state index contributed by atoms with van der Waals surface area (Å²) in [5, 5.41) is 2.89. The van der Waals surface area contributed by atoms with Crippen molar-refractivity contribution in [2.24, 2.45) is 0 Å². The van der Waals surface area contributed by atoms with Gasteiger partial charge < -0.3 is 5.32 Å². The zero-order chi connectivity index (χ0) is 20.1. The van der Waals surface area contributed by atoms with E-state index in [2.05, 4.69) is 10.0 Å². The van der Waals surface area contributed by atoms with E-state index in [0.717, 1.165) is 23.2 Å². The van der Waals surface area contributed by atoms with Crippen molar-refractivity contribution in [2.45, 2.75) is 25.2 Å². The largest absolute Gasteiger partial charge is 0.322 e. The zero-order valence-corrected chi connectivity index (χ0v) is 16.6. The number of para-hydroxylation sites is 1. The Labute approximate surface area is 165 Å². The van der Waals surface area contributed by atoms with Crippen molar-refractivity contribution in [3.63, 3.8) is 0 Å². The first-order valence-corrected chi connectivity index (χ1v) is 10.5. The quantitative estimate of drug-likeness (QED) is 0.641. The normalized spacial score (nSPS) is 11.1. The number of hydrogen-bond acceptors (Lipinski definition) is 3. The summed E-state index contributed by atoms with van der Waals surface area (Å²) < 4.78 is 27.6. The predicted octanol–water partition coefficient (Wildman–Crippen LogP) is 4.61. The first-order valence-electron chi connectivity index (χ1n) is 8.98. The fourth-order valence-electron chi connectivity index (χ4n) is 2.80. The minimum absolute atomic E-state index is 0.171. The van der Waals surface area contributed by atoms with Gasteiger partial charge in [0.05, 0.1) is 4.90 Å². The molecule has 5 nitrogen and oxygen atoms in total. The van der Waals surface area contributed by atoms with Crippen LogP contribution in [-0.4, -0.2) is 14.3 Å². The van der Waals surface area contributed by atoms with Gasteiger partial charge in [-0.2, -0.15) is 0 Å². The van der Waals surface area contributed by atoms with Crippen molar-refractivity contribution in [3.8, 4) is 0 Å². The molecule has 2 N–H and O–H groups in total. The highest BCUT2D eigenvalue weighted by Crippen LogP contribution is 2.20. The Hall–Kier alpha value is -3.12. The topological polar surface area (TPSA) is 75.3 Å². The molecule has 0 heterocycles. The molecular weight excluding hydrogens is 372 g/mol. The Bertz CT molecular complexity index is 1090. The van der Waals surface area contributed by atoms with Crippen LogP contribution < -0.4 is 10.0 Å². The molecule has 144 valence electrons. The summed E-state index contributed by atoms with van der Waals surface area (Å²) in [5.74, 6) is -0.294. The van der Waals surface area contributed by atoms with E-state index in [1.165, 1.54) is 6.07 Å². The van der Waals surface area contributed by atoms with E-state index < -0.39 is 10.0 Å². The highest BCUT2D eigenvalue weighted by atomic mass is 32.2. The van der Waals surface area contributed by atoms with Gasteiger partial charge >= 0.3 is 0 Å². The van der Waals surface area contributed by atoms with Gasteiger partial charge in [-0.05, 0) is 55.3 Å². The van der Waals surface area contributed by atoms with Gasteiger partial charge in [-0.3, -0.25) is 9.52 Å². The number of anilines is 2. The van der Waals surface area contributed by atoms with Gasteiger partial charge in [-0.1, -0.05) is 48.9 Å². The molecule has 0 aromatic heterocycles. The van der Waals surface area contributed by atoms with Crippen LogP contribution in [0.2, 0.25) is 0 Å². The van der Waals surface area contributed by atoms with E-state index >= 15 is 0 Å².